The Morgan fingerprint density at radius 3 is 2.30 bits per heavy atom. The molecule has 2 aromatic heterocycles. The smallest absolute Gasteiger partial charge is 0.257 e. The van der Waals surface area contributed by atoms with Gasteiger partial charge in [0.1, 0.15) is 23.0 Å². The number of amides is 1. The van der Waals surface area contributed by atoms with Crippen LogP contribution in [0, 0.1) is 17.5 Å². The summed E-state index contributed by atoms with van der Waals surface area (Å²) < 4.78 is 42.5. The molecular weight excluding hydrogens is 393 g/mol. The highest BCUT2D eigenvalue weighted by Gasteiger charge is 2.20. The van der Waals surface area contributed by atoms with Crippen LogP contribution in [0.4, 0.5) is 13.2 Å². The number of rotatable bonds is 5. The predicted octanol–water partition coefficient (Wildman–Crippen LogP) is 4.28. The van der Waals surface area contributed by atoms with E-state index >= 15 is 0 Å². The first-order valence-corrected chi connectivity index (χ1v) is 9.00. The van der Waals surface area contributed by atoms with Gasteiger partial charge in [-0.3, -0.25) is 9.78 Å². The summed E-state index contributed by atoms with van der Waals surface area (Å²) in [4.78, 5) is 16.3. The molecule has 1 N–H and O–H groups in total. The molecule has 4 aromatic rings. The lowest BCUT2D eigenvalue weighted by molar-refractivity contribution is 0.0942. The van der Waals surface area contributed by atoms with Gasteiger partial charge in [-0.05, 0) is 24.3 Å². The number of halogens is 3. The third-order valence-electron chi connectivity index (χ3n) is 4.44. The van der Waals surface area contributed by atoms with Crippen molar-refractivity contribution in [1.29, 1.82) is 0 Å². The van der Waals surface area contributed by atoms with Crippen molar-refractivity contribution in [3.8, 4) is 16.9 Å². The van der Waals surface area contributed by atoms with E-state index in [1.54, 1.807) is 35.4 Å². The SMILES string of the molecule is O=C(NCc1cn(-c2ccccc2)nc1-c1ccncc1)c1c(F)cc(F)cc1F. The van der Waals surface area contributed by atoms with Crippen LogP contribution in [0.3, 0.4) is 0 Å². The van der Waals surface area contributed by atoms with Crippen LogP contribution in [0.2, 0.25) is 0 Å². The minimum absolute atomic E-state index is 0.0421. The van der Waals surface area contributed by atoms with E-state index in [9.17, 15) is 18.0 Å². The number of carbonyl (C=O) groups is 1. The fourth-order valence-electron chi connectivity index (χ4n) is 3.03. The maximum atomic E-state index is 13.9. The van der Waals surface area contributed by atoms with Crippen molar-refractivity contribution in [1.82, 2.24) is 20.1 Å². The summed E-state index contributed by atoms with van der Waals surface area (Å²) in [5.41, 5.74) is 1.95. The first-order valence-electron chi connectivity index (χ1n) is 9.00. The zero-order valence-electron chi connectivity index (χ0n) is 15.5. The molecule has 2 aromatic carbocycles. The van der Waals surface area contributed by atoms with Gasteiger partial charge in [0.2, 0.25) is 0 Å². The summed E-state index contributed by atoms with van der Waals surface area (Å²) in [5.74, 6) is -4.61. The second-order valence-electron chi connectivity index (χ2n) is 6.45. The predicted molar refractivity (Wildman–Crippen MR) is 104 cm³/mol. The molecule has 150 valence electrons. The Kier molecular flexibility index (Phi) is 5.30. The van der Waals surface area contributed by atoms with Gasteiger partial charge in [0.05, 0.1) is 11.4 Å². The van der Waals surface area contributed by atoms with Crippen molar-refractivity contribution in [2.24, 2.45) is 0 Å². The summed E-state index contributed by atoms with van der Waals surface area (Å²) in [6.07, 6.45) is 4.95. The molecule has 0 atom stereocenters. The Bertz CT molecular complexity index is 1170. The molecule has 0 radical (unpaired) electrons. The fraction of sp³-hybridized carbons (Fsp3) is 0.0455. The van der Waals surface area contributed by atoms with Gasteiger partial charge in [0, 0.05) is 48.4 Å². The Balaban J connectivity index is 1.65. The van der Waals surface area contributed by atoms with E-state index in [2.05, 4.69) is 15.4 Å². The monoisotopic (exact) mass is 408 g/mol. The molecule has 0 saturated carbocycles. The van der Waals surface area contributed by atoms with Crippen LogP contribution in [0.5, 0.6) is 0 Å². The van der Waals surface area contributed by atoms with E-state index in [0.717, 1.165) is 11.3 Å². The molecule has 5 nitrogen and oxygen atoms in total. The largest absolute Gasteiger partial charge is 0.348 e. The lowest BCUT2D eigenvalue weighted by Gasteiger charge is -2.07. The van der Waals surface area contributed by atoms with Gasteiger partial charge < -0.3 is 5.32 Å². The number of aromatic nitrogens is 3. The molecule has 0 spiro atoms. The molecule has 4 rings (SSSR count). The van der Waals surface area contributed by atoms with E-state index in [-0.39, 0.29) is 6.54 Å². The standard InChI is InChI=1S/C22H15F3N4O/c23-16-10-18(24)20(19(25)11-16)22(30)27-12-15-13-29(17-4-2-1-3-5-17)28-21(15)14-6-8-26-9-7-14/h1-11,13H,12H2,(H,27,30). The fourth-order valence-corrected chi connectivity index (χ4v) is 3.03. The number of pyridine rings is 1. The van der Waals surface area contributed by atoms with Crippen molar-refractivity contribution >= 4 is 5.91 Å². The van der Waals surface area contributed by atoms with Gasteiger partial charge in [0.25, 0.3) is 5.91 Å². The number of nitrogens with one attached hydrogen (secondary N) is 1. The summed E-state index contributed by atoms with van der Waals surface area (Å²) in [6.45, 7) is -0.0421. The summed E-state index contributed by atoms with van der Waals surface area (Å²) in [6, 6.07) is 13.8. The molecule has 0 saturated heterocycles. The molecule has 1 amide bonds. The van der Waals surface area contributed by atoms with E-state index in [1.807, 2.05) is 30.3 Å². The molecule has 2 heterocycles. The van der Waals surface area contributed by atoms with Crippen LogP contribution in [0.1, 0.15) is 15.9 Å². The summed E-state index contributed by atoms with van der Waals surface area (Å²) in [7, 11) is 0. The summed E-state index contributed by atoms with van der Waals surface area (Å²) >= 11 is 0. The quantitative estimate of drug-likeness (QED) is 0.536. The molecule has 0 aliphatic heterocycles. The van der Waals surface area contributed by atoms with E-state index in [0.29, 0.717) is 23.4 Å². The first kappa shape index (κ1) is 19.4. The second kappa shape index (κ2) is 8.20. The van der Waals surface area contributed by atoms with Crippen LogP contribution < -0.4 is 5.32 Å². The molecule has 0 aliphatic rings. The van der Waals surface area contributed by atoms with E-state index in [4.69, 9.17) is 0 Å². The number of para-hydroxylation sites is 1. The molecule has 0 aliphatic carbocycles. The van der Waals surface area contributed by atoms with Gasteiger partial charge in [-0.1, -0.05) is 18.2 Å². The van der Waals surface area contributed by atoms with Crippen LogP contribution in [-0.4, -0.2) is 20.7 Å². The Morgan fingerprint density at radius 2 is 1.63 bits per heavy atom. The summed E-state index contributed by atoms with van der Waals surface area (Å²) in [5, 5.41) is 7.07. The third-order valence-corrected chi connectivity index (χ3v) is 4.44. The maximum absolute atomic E-state index is 13.9. The first-order chi connectivity index (χ1) is 14.5. The van der Waals surface area contributed by atoms with Crippen LogP contribution in [0.15, 0.2) is 73.2 Å². The second-order valence-corrected chi connectivity index (χ2v) is 6.45. The third kappa shape index (κ3) is 3.93. The molecular formula is C22H15F3N4O. The van der Waals surface area contributed by atoms with E-state index in [1.165, 1.54) is 0 Å². The average Bonchev–Trinajstić information content (AvgIpc) is 3.17. The van der Waals surface area contributed by atoms with Crippen LogP contribution >= 0.6 is 0 Å². The number of nitrogens with zero attached hydrogens (tertiary/aromatic N) is 3. The zero-order valence-corrected chi connectivity index (χ0v) is 15.5. The number of carbonyl (C=O) groups excluding carboxylic acids is 1. The maximum Gasteiger partial charge on any atom is 0.257 e. The molecule has 30 heavy (non-hydrogen) atoms. The van der Waals surface area contributed by atoms with Crippen molar-refractivity contribution in [2.75, 3.05) is 0 Å². The molecule has 0 unspecified atom stereocenters. The van der Waals surface area contributed by atoms with Gasteiger partial charge in [-0.25, -0.2) is 17.9 Å². The highest BCUT2D eigenvalue weighted by atomic mass is 19.1. The number of hydrogen-bond acceptors (Lipinski definition) is 3. The van der Waals surface area contributed by atoms with Crippen LogP contribution in [0.25, 0.3) is 16.9 Å². The zero-order chi connectivity index (χ0) is 21.1. The normalized spacial score (nSPS) is 10.8. The minimum Gasteiger partial charge on any atom is -0.348 e. The van der Waals surface area contributed by atoms with Gasteiger partial charge >= 0.3 is 0 Å². The van der Waals surface area contributed by atoms with Gasteiger partial charge in [0.15, 0.2) is 0 Å². The van der Waals surface area contributed by atoms with Crippen molar-refractivity contribution in [2.45, 2.75) is 6.54 Å². The number of hydrogen-bond donors (Lipinski definition) is 1. The Morgan fingerprint density at radius 1 is 0.967 bits per heavy atom. The highest BCUT2D eigenvalue weighted by Crippen LogP contribution is 2.23. The van der Waals surface area contributed by atoms with Crippen LogP contribution in [-0.2, 0) is 6.54 Å². The lowest BCUT2D eigenvalue weighted by Crippen LogP contribution is -2.25. The molecule has 0 fully saturated rings. The van der Waals surface area contributed by atoms with E-state index < -0.39 is 28.9 Å². The Labute approximate surface area is 169 Å². The van der Waals surface area contributed by atoms with Crippen molar-refractivity contribution < 1.29 is 18.0 Å². The molecule has 8 heteroatoms. The number of benzene rings is 2. The van der Waals surface area contributed by atoms with Gasteiger partial charge in [-0.15, -0.1) is 0 Å². The Hall–Kier alpha value is -3.94. The van der Waals surface area contributed by atoms with Crippen molar-refractivity contribution in [3.05, 3.63) is 102 Å². The highest BCUT2D eigenvalue weighted by molar-refractivity contribution is 5.94. The lowest BCUT2D eigenvalue weighted by atomic mass is 10.1. The van der Waals surface area contributed by atoms with Crippen molar-refractivity contribution in [3.63, 3.8) is 0 Å². The minimum atomic E-state index is -1.26. The van der Waals surface area contributed by atoms with Gasteiger partial charge in [-0.2, -0.15) is 5.10 Å². The average molecular weight is 408 g/mol. The molecule has 0 bridgehead atoms. The topological polar surface area (TPSA) is 59.8 Å².